The third-order valence-corrected chi connectivity index (χ3v) is 15.3. The quantitative estimate of drug-likeness (QED) is 0.151. The first-order valence-corrected chi connectivity index (χ1v) is 23.2. The van der Waals surface area contributed by atoms with E-state index in [1.807, 2.05) is 6.20 Å². The van der Waals surface area contributed by atoms with E-state index >= 15 is 0 Å². The van der Waals surface area contributed by atoms with Crippen LogP contribution < -0.4 is 15.1 Å². The van der Waals surface area contributed by atoms with Gasteiger partial charge in [0, 0.05) is 16.9 Å². The van der Waals surface area contributed by atoms with E-state index < -0.39 is 8.07 Å². The molecule has 0 aliphatic carbocycles. The fourth-order valence-electron chi connectivity index (χ4n) is 9.02. The van der Waals surface area contributed by atoms with Crippen molar-refractivity contribution in [3.63, 3.8) is 0 Å². The summed E-state index contributed by atoms with van der Waals surface area (Å²) in [5, 5.41) is 2.39. The monoisotopic (exact) mass is 774 g/mol. The second-order valence-corrected chi connectivity index (χ2v) is 20.1. The van der Waals surface area contributed by atoms with Gasteiger partial charge < -0.3 is 4.74 Å². The van der Waals surface area contributed by atoms with Gasteiger partial charge in [0.05, 0.1) is 0 Å². The van der Waals surface area contributed by atoms with E-state index in [9.17, 15) is 0 Å². The highest BCUT2D eigenvalue weighted by Gasteiger charge is 2.39. The molecule has 1 aliphatic rings. The van der Waals surface area contributed by atoms with Crippen LogP contribution in [0.3, 0.4) is 0 Å². The van der Waals surface area contributed by atoms with Crippen LogP contribution in [-0.4, -0.2) is 18.0 Å². The van der Waals surface area contributed by atoms with Gasteiger partial charge in [-0.3, -0.25) is 0 Å². The number of nitrogens with zero attached hydrogens (tertiary/aromatic N) is 2. The van der Waals surface area contributed by atoms with Crippen molar-refractivity contribution in [1.82, 2.24) is 9.97 Å². The molecular weight excluding hydrogens is 733 g/mol. The van der Waals surface area contributed by atoms with Crippen LogP contribution in [0.5, 0.6) is 11.6 Å². The number of rotatable bonds is 7. The van der Waals surface area contributed by atoms with Gasteiger partial charge in [-0.05, 0) is 90.0 Å². The first-order chi connectivity index (χ1) is 29.0. The molecular formula is C55H42N2OSi. The summed E-state index contributed by atoms with van der Waals surface area (Å²) in [6.45, 7) is 6.91. The van der Waals surface area contributed by atoms with E-state index in [1.54, 1.807) is 6.33 Å². The minimum atomic E-state index is -2.13. The van der Waals surface area contributed by atoms with E-state index in [4.69, 9.17) is 4.74 Å². The second-order valence-electron chi connectivity index (χ2n) is 15.8. The number of ether oxygens (including phenoxy) is 1. The van der Waals surface area contributed by atoms with E-state index in [0.717, 1.165) is 38.8 Å². The molecule has 0 unspecified atom stereocenters. The van der Waals surface area contributed by atoms with E-state index in [1.165, 1.54) is 60.8 Å². The molecule has 3 nitrogen and oxygen atoms in total. The maximum absolute atomic E-state index is 6.72. The van der Waals surface area contributed by atoms with Crippen LogP contribution >= 0.6 is 0 Å². The van der Waals surface area contributed by atoms with Crippen LogP contribution in [0.1, 0.15) is 5.56 Å². The lowest BCUT2D eigenvalue weighted by Gasteiger charge is -2.33. The average Bonchev–Trinajstić information content (AvgIpc) is 3.29. The molecule has 0 N–H and O–H groups in total. The molecule has 0 fully saturated rings. The third kappa shape index (κ3) is 6.30. The maximum Gasteiger partial charge on any atom is 0.221 e. The Morgan fingerprint density at radius 3 is 1.08 bits per heavy atom. The van der Waals surface area contributed by atoms with Crippen molar-refractivity contribution in [2.24, 2.45) is 0 Å². The van der Waals surface area contributed by atoms with Gasteiger partial charge in [-0.1, -0.05) is 201 Å². The lowest BCUT2D eigenvalue weighted by Crippen LogP contribution is -2.56. The van der Waals surface area contributed by atoms with Crippen LogP contribution in [-0.2, 0) is 0 Å². The zero-order valence-corrected chi connectivity index (χ0v) is 34.4. The van der Waals surface area contributed by atoms with Gasteiger partial charge in [0.15, 0.2) is 0 Å². The first kappa shape index (κ1) is 36.2. The molecule has 4 heteroatoms. The summed E-state index contributed by atoms with van der Waals surface area (Å²) in [7, 11) is -2.13. The molecule has 0 bridgehead atoms. The summed E-state index contributed by atoms with van der Waals surface area (Å²) in [5.74, 6) is 1.59. The molecule has 8 aromatic carbocycles. The third-order valence-electron chi connectivity index (χ3n) is 11.9. The number of aryl methyl sites for hydroxylation is 1. The van der Waals surface area contributed by atoms with E-state index in [2.05, 4.69) is 218 Å². The molecule has 0 amide bonds. The van der Waals surface area contributed by atoms with E-state index in [0.29, 0.717) is 5.88 Å². The maximum atomic E-state index is 6.72. The van der Waals surface area contributed by atoms with Crippen molar-refractivity contribution < 1.29 is 4.74 Å². The fourth-order valence-corrected chi connectivity index (χ4v) is 11.6. The standard InChI is InChI=1S/C55H42N2OSi/c1-37-29-34-45-54(58-55-46(59(45,2)3)35-56-36-57-55)47(37)43-30-32-44(33-31-43)53-51(41-25-15-7-16-26-41)49(39-21-11-5-12-22-39)48(38-19-9-4-10-20-38)50(40-23-13-6-14-24-40)52(53)42-27-17-8-18-28-42/h4-36H,1-3H3. The minimum Gasteiger partial charge on any atom is -0.438 e. The molecule has 0 atom stereocenters. The number of hydrogen-bond acceptors (Lipinski definition) is 3. The Kier molecular flexibility index (Phi) is 9.20. The highest BCUT2D eigenvalue weighted by molar-refractivity contribution is 7.01. The van der Waals surface area contributed by atoms with Gasteiger partial charge in [0.25, 0.3) is 0 Å². The molecule has 2 heterocycles. The Bertz CT molecular complexity index is 2850. The van der Waals surface area contributed by atoms with Gasteiger partial charge in [0.2, 0.25) is 5.88 Å². The summed E-state index contributed by atoms with van der Waals surface area (Å²) in [6.07, 6.45) is 3.53. The Balaban J connectivity index is 1.32. The number of hydrogen-bond donors (Lipinski definition) is 0. The number of aromatic nitrogens is 2. The minimum absolute atomic E-state index is 0.674. The smallest absolute Gasteiger partial charge is 0.221 e. The SMILES string of the molecule is Cc1ccc2c(c1-c1ccc(-c3c(-c4ccccc4)c(-c4ccccc4)c(-c4ccccc4)c(-c4ccccc4)c3-c3ccccc3)cc1)Oc1ncncc1[Si]2(C)C. The Morgan fingerprint density at radius 2 is 0.712 bits per heavy atom. The van der Waals surface area contributed by atoms with Gasteiger partial charge in [-0.15, -0.1) is 0 Å². The zero-order chi connectivity index (χ0) is 39.9. The summed E-state index contributed by atoms with van der Waals surface area (Å²) in [6, 6.07) is 68.3. The normalized spacial score (nSPS) is 12.6. The van der Waals surface area contributed by atoms with Crippen molar-refractivity contribution in [2.75, 3.05) is 0 Å². The predicted octanol–water partition coefficient (Wildman–Crippen LogP) is 13.4. The fraction of sp³-hybridized carbons (Fsp3) is 0.0545. The van der Waals surface area contributed by atoms with Crippen LogP contribution in [0, 0.1) is 6.92 Å². The van der Waals surface area contributed by atoms with Crippen molar-refractivity contribution in [2.45, 2.75) is 20.0 Å². The van der Waals surface area contributed by atoms with Crippen LogP contribution in [0.25, 0.3) is 77.9 Å². The molecule has 0 spiro atoms. The van der Waals surface area contributed by atoms with Crippen LogP contribution in [0.15, 0.2) is 201 Å². The first-order valence-electron chi connectivity index (χ1n) is 20.2. The molecule has 1 aliphatic heterocycles. The van der Waals surface area contributed by atoms with Gasteiger partial charge in [0.1, 0.15) is 20.2 Å². The second kappa shape index (κ2) is 15.0. The van der Waals surface area contributed by atoms with Gasteiger partial charge >= 0.3 is 0 Å². The number of fused-ring (bicyclic) bond motifs is 2. The zero-order valence-electron chi connectivity index (χ0n) is 33.4. The molecule has 282 valence electrons. The van der Waals surface area contributed by atoms with Crippen molar-refractivity contribution in [3.8, 4) is 89.5 Å². The van der Waals surface area contributed by atoms with E-state index in [-0.39, 0.29) is 0 Å². The summed E-state index contributed by atoms with van der Waals surface area (Å²) in [5.41, 5.74) is 17.5. The highest BCUT2D eigenvalue weighted by Crippen LogP contribution is 2.56. The summed E-state index contributed by atoms with van der Waals surface area (Å²) >= 11 is 0. The summed E-state index contributed by atoms with van der Waals surface area (Å²) in [4.78, 5) is 8.98. The molecule has 59 heavy (non-hydrogen) atoms. The van der Waals surface area contributed by atoms with Crippen molar-refractivity contribution in [3.05, 3.63) is 206 Å². The van der Waals surface area contributed by atoms with Crippen LogP contribution in [0.2, 0.25) is 13.1 Å². The highest BCUT2D eigenvalue weighted by atomic mass is 28.3. The Labute approximate surface area is 347 Å². The largest absolute Gasteiger partial charge is 0.438 e. The topological polar surface area (TPSA) is 35.0 Å². The van der Waals surface area contributed by atoms with Crippen molar-refractivity contribution >= 4 is 18.4 Å². The molecule has 0 radical (unpaired) electrons. The Morgan fingerprint density at radius 1 is 0.373 bits per heavy atom. The van der Waals surface area contributed by atoms with Crippen molar-refractivity contribution in [1.29, 1.82) is 0 Å². The lowest BCUT2D eigenvalue weighted by molar-refractivity contribution is 0.467. The van der Waals surface area contributed by atoms with Gasteiger partial charge in [-0.2, -0.15) is 0 Å². The summed E-state index contributed by atoms with van der Waals surface area (Å²) < 4.78 is 6.72. The van der Waals surface area contributed by atoms with Gasteiger partial charge in [-0.25, -0.2) is 9.97 Å². The van der Waals surface area contributed by atoms with Crippen LogP contribution in [0.4, 0.5) is 0 Å². The lowest BCUT2D eigenvalue weighted by atomic mass is 9.74. The molecule has 10 rings (SSSR count). The molecule has 9 aromatic rings. The average molecular weight is 775 g/mol. The molecule has 0 saturated heterocycles. The molecule has 0 saturated carbocycles. The predicted molar refractivity (Wildman–Crippen MR) is 248 cm³/mol. The molecule has 1 aromatic heterocycles. The Hall–Kier alpha value is -7.14. The number of benzene rings is 8.